The van der Waals surface area contributed by atoms with E-state index in [1.165, 1.54) is 22.5 Å². The zero-order valence-corrected chi connectivity index (χ0v) is 26.1. The average Bonchev–Trinajstić information content (AvgIpc) is 3.73. The van der Waals surface area contributed by atoms with Crippen LogP contribution in [0.5, 0.6) is 0 Å². The van der Waals surface area contributed by atoms with Crippen molar-refractivity contribution in [2.45, 2.75) is 5.03 Å². The smallest absolute Gasteiger partial charge is 0.279 e. The molecule has 1 amide bonds. The summed E-state index contributed by atoms with van der Waals surface area (Å²) in [6.07, 6.45) is 5.05. The highest BCUT2D eigenvalue weighted by Crippen LogP contribution is 2.37. The van der Waals surface area contributed by atoms with Crippen LogP contribution in [0.3, 0.4) is 0 Å². The number of para-hydroxylation sites is 3. The summed E-state index contributed by atoms with van der Waals surface area (Å²) < 4.78 is 5.31. The molecule has 10 nitrogen and oxygen atoms in total. The van der Waals surface area contributed by atoms with E-state index >= 15 is 0 Å². The summed E-state index contributed by atoms with van der Waals surface area (Å²) in [7, 11) is 5.61. The first-order chi connectivity index (χ1) is 21.4. The van der Waals surface area contributed by atoms with Crippen molar-refractivity contribution in [3.63, 3.8) is 0 Å². The maximum atomic E-state index is 13.4. The van der Waals surface area contributed by atoms with Gasteiger partial charge in [-0.1, -0.05) is 59.9 Å². The number of hydrogen-bond acceptors (Lipinski definition) is 8. The third-order valence-corrected chi connectivity index (χ3v) is 8.34. The van der Waals surface area contributed by atoms with Gasteiger partial charge in [-0.05, 0) is 42.7 Å². The van der Waals surface area contributed by atoms with E-state index < -0.39 is 5.91 Å². The summed E-state index contributed by atoms with van der Waals surface area (Å²) in [6, 6.07) is 26.3. The summed E-state index contributed by atoms with van der Waals surface area (Å²) in [6.45, 7) is 0. The highest BCUT2D eigenvalue weighted by Gasteiger charge is 2.28. The number of carbonyl (C=O) groups excluding carboxylic acids is 2. The summed E-state index contributed by atoms with van der Waals surface area (Å²) >= 11 is 2.51. The number of hydrogen-bond donors (Lipinski definition) is 0. The van der Waals surface area contributed by atoms with Crippen molar-refractivity contribution in [3.05, 3.63) is 113 Å². The highest BCUT2D eigenvalue weighted by atomic mass is 32.2. The van der Waals surface area contributed by atoms with Crippen LogP contribution in [-0.4, -0.2) is 66.1 Å². The van der Waals surface area contributed by atoms with Gasteiger partial charge in [-0.15, -0.1) is 16.9 Å². The molecule has 0 saturated carbocycles. The van der Waals surface area contributed by atoms with Crippen LogP contribution in [-0.2, 0) is 7.05 Å². The lowest BCUT2D eigenvalue weighted by Gasteiger charge is -2.10. The van der Waals surface area contributed by atoms with Gasteiger partial charge in [-0.3, -0.25) is 9.59 Å². The van der Waals surface area contributed by atoms with Crippen molar-refractivity contribution in [1.82, 2.24) is 34.0 Å². The van der Waals surface area contributed by atoms with Gasteiger partial charge in [0.15, 0.2) is 10.8 Å². The Balaban J connectivity index is 1.68. The zero-order valence-electron chi connectivity index (χ0n) is 24.4. The van der Waals surface area contributed by atoms with Crippen LogP contribution in [0.4, 0.5) is 0 Å². The number of amides is 1. The predicted octanol–water partition coefficient (Wildman–Crippen LogP) is 5.39. The second-order valence-electron chi connectivity index (χ2n) is 9.97. The number of imidazole rings is 1. The number of nitrogens with zero attached hydrogens (tertiary/aromatic N) is 8. The molecule has 3 aromatic carbocycles. The number of thioether (sulfide) groups is 1. The van der Waals surface area contributed by atoms with Gasteiger partial charge in [0.05, 0.1) is 22.3 Å². The van der Waals surface area contributed by atoms with Gasteiger partial charge in [-0.25, -0.2) is 9.67 Å². The van der Waals surface area contributed by atoms with E-state index in [2.05, 4.69) is 4.99 Å². The van der Waals surface area contributed by atoms with E-state index in [0.717, 1.165) is 28.1 Å². The summed E-state index contributed by atoms with van der Waals surface area (Å²) in [5.41, 5.74) is 3.66. The van der Waals surface area contributed by atoms with E-state index in [0.29, 0.717) is 27.8 Å². The topological polar surface area (TPSA) is 103 Å². The van der Waals surface area contributed by atoms with Gasteiger partial charge < -0.3 is 9.47 Å². The van der Waals surface area contributed by atoms with E-state index in [9.17, 15) is 9.59 Å². The molecule has 6 aromatic rings. The lowest BCUT2D eigenvalue weighted by atomic mass is 10.2. The van der Waals surface area contributed by atoms with Crippen LogP contribution in [0, 0.1) is 0 Å². The minimum atomic E-state index is -0.453. The Morgan fingerprint density at radius 3 is 2.27 bits per heavy atom. The molecule has 0 fully saturated rings. The minimum Gasteiger partial charge on any atom is -0.383 e. The Hall–Kier alpha value is -5.07. The van der Waals surface area contributed by atoms with E-state index in [1.807, 2.05) is 92.6 Å². The van der Waals surface area contributed by atoms with Crippen LogP contribution in [0.15, 0.2) is 107 Å². The Bertz CT molecular complexity index is 2090. The third kappa shape index (κ3) is 5.52. The SMILES string of the molecule is CSc1nn(-c2ccccc2)c(-n2nc(C(=O)/C=C/N(C)C)sc2=NC(=O)c2ccccc2)c1-c1nc2ccccc2n1C. The standard InChI is InChI=1S/C32H28N8O2S2/c1-37(2)20-19-25(41)29-35-40(32(44-29)34-28(42)21-13-7-5-8-14-21)31-26(27-33-23-17-11-12-18-24(23)38(27)3)30(43-4)36-39(31)22-15-9-6-10-16-22/h5-20H,1-4H3/b20-19+,34-32?. The highest BCUT2D eigenvalue weighted by molar-refractivity contribution is 7.98. The molecule has 44 heavy (non-hydrogen) atoms. The lowest BCUT2D eigenvalue weighted by molar-refractivity contribution is 0.0996. The molecule has 0 aliphatic rings. The Kier molecular flexibility index (Phi) is 8.09. The first-order valence-electron chi connectivity index (χ1n) is 13.6. The van der Waals surface area contributed by atoms with Crippen molar-refractivity contribution in [3.8, 4) is 22.9 Å². The molecule has 12 heteroatoms. The molecule has 0 N–H and O–H groups in total. The Labute approximate surface area is 261 Å². The van der Waals surface area contributed by atoms with Crippen molar-refractivity contribution in [1.29, 1.82) is 0 Å². The fourth-order valence-electron chi connectivity index (χ4n) is 4.65. The van der Waals surface area contributed by atoms with Crippen molar-refractivity contribution in [2.24, 2.45) is 12.0 Å². The number of carbonyl (C=O) groups is 2. The van der Waals surface area contributed by atoms with E-state index in [4.69, 9.17) is 15.2 Å². The maximum absolute atomic E-state index is 13.4. The summed E-state index contributed by atoms with van der Waals surface area (Å²) in [5, 5.41) is 10.6. The minimum absolute atomic E-state index is 0.171. The van der Waals surface area contributed by atoms with Crippen molar-refractivity contribution >= 4 is 45.8 Å². The second-order valence-corrected chi connectivity index (χ2v) is 11.7. The largest absolute Gasteiger partial charge is 0.383 e. The molecule has 3 heterocycles. The molecule has 220 valence electrons. The molecule has 6 rings (SSSR count). The molecule has 0 aliphatic heterocycles. The summed E-state index contributed by atoms with van der Waals surface area (Å²) in [5.74, 6) is 0.400. The fraction of sp³-hybridized carbons (Fsp3) is 0.125. The normalized spacial score (nSPS) is 12.0. The number of rotatable bonds is 8. The van der Waals surface area contributed by atoms with Gasteiger partial charge in [0, 0.05) is 39.0 Å². The van der Waals surface area contributed by atoms with Crippen LogP contribution in [0.1, 0.15) is 20.2 Å². The van der Waals surface area contributed by atoms with Crippen LogP contribution < -0.4 is 4.80 Å². The van der Waals surface area contributed by atoms with Gasteiger partial charge >= 0.3 is 0 Å². The summed E-state index contributed by atoms with van der Waals surface area (Å²) in [4.78, 5) is 38.2. The van der Waals surface area contributed by atoms with E-state index in [1.54, 1.807) is 40.0 Å². The Morgan fingerprint density at radius 1 is 0.909 bits per heavy atom. The molecule has 0 atom stereocenters. The van der Waals surface area contributed by atoms with Crippen LogP contribution in [0.25, 0.3) is 33.9 Å². The first-order valence-corrected chi connectivity index (χ1v) is 15.7. The molecular weight excluding hydrogens is 593 g/mol. The molecule has 0 saturated heterocycles. The molecule has 0 radical (unpaired) electrons. The van der Waals surface area contributed by atoms with Crippen molar-refractivity contribution < 1.29 is 9.59 Å². The molecule has 0 bridgehead atoms. The molecule has 0 unspecified atom stereocenters. The number of allylic oxidation sites excluding steroid dienone is 1. The molecule has 0 spiro atoms. The van der Waals surface area contributed by atoms with Gasteiger partial charge in [-0.2, -0.15) is 14.8 Å². The molecule has 0 aliphatic carbocycles. The number of fused-ring (bicyclic) bond motifs is 1. The Morgan fingerprint density at radius 2 is 1.59 bits per heavy atom. The monoisotopic (exact) mass is 620 g/mol. The first kappa shape index (κ1) is 29.0. The lowest BCUT2D eigenvalue weighted by Crippen LogP contribution is -2.21. The number of ketones is 1. The average molecular weight is 621 g/mol. The van der Waals surface area contributed by atoms with Gasteiger partial charge in [0.2, 0.25) is 10.6 Å². The third-order valence-electron chi connectivity index (χ3n) is 6.75. The number of aromatic nitrogens is 6. The molecular formula is C32H28N8O2S2. The number of aryl methyl sites for hydroxylation is 1. The maximum Gasteiger partial charge on any atom is 0.279 e. The molecule has 3 aromatic heterocycles. The van der Waals surface area contributed by atoms with Gasteiger partial charge in [0.1, 0.15) is 10.9 Å². The second kappa shape index (κ2) is 12.3. The predicted molar refractivity (Wildman–Crippen MR) is 174 cm³/mol. The van der Waals surface area contributed by atoms with Crippen molar-refractivity contribution in [2.75, 3.05) is 20.4 Å². The van der Waals surface area contributed by atoms with Crippen LogP contribution >= 0.6 is 23.1 Å². The number of benzene rings is 3. The quantitative estimate of drug-likeness (QED) is 0.128. The van der Waals surface area contributed by atoms with E-state index in [-0.39, 0.29) is 15.6 Å². The zero-order chi connectivity index (χ0) is 30.8. The van der Waals surface area contributed by atoms with Crippen LogP contribution in [0.2, 0.25) is 0 Å². The fourth-order valence-corrected chi connectivity index (χ4v) is 6.01. The van der Waals surface area contributed by atoms with Gasteiger partial charge in [0.25, 0.3) is 5.91 Å².